The van der Waals surface area contributed by atoms with Crippen molar-refractivity contribution in [2.75, 3.05) is 20.2 Å². The SMILES string of the molecule is COC(=O)C(C)CNCC(O)C(F)(F)F. The first-order valence-electron chi connectivity index (χ1n) is 4.32. The molecule has 0 aromatic rings. The maximum Gasteiger partial charge on any atom is 0.415 e. The predicted octanol–water partition coefficient (Wildman–Crippen LogP) is 0.308. The van der Waals surface area contributed by atoms with Gasteiger partial charge in [0.2, 0.25) is 0 Å². The van der Waals surface area contributed by atoms with Crippen molar-refractivity contribution in [3.8, 4) is 0 Å². The van der Waals surface area contributed by atoms with Crippen molar-refractivity contribution in [2.45, 2.75) is 19.2 Å². The Morgan fingerprint density at radius 1 is 1.47 bits per heavy atom. The van der Waals surface area contributed by atoms with Crippen LogP contribution < -0.4 is 5.32 Å². The van der Waals surface area contributed by atoms with Crippen LogP contribution in [0.2, 0.25) is 0 Å². The zero-order valence-corrected chi connectivity index (χ0v) is 8.47. The summed E-state index contributed by atoms with van der Waals surface area (Å²) in [7, 11) is 1.20. The van der Waals surface area contributed by atoms with Gasteiger partial charge in [0.15, 0.2) is 6.10 Å². The van der Waals surface area contributed by atoms with Crippen molar-refractivity contribution in [1.82, 2.24) is 5.32 Å². The van der Waals surface area contributed by atoms with Crippen LogP contribution in [-0.2, 0) is 9.53 Å². The number of alkyl halides is 3. The summed E-state index contributed by atoms with van der Waals surface area (Å²) in [6.45, 7) is 0.906. The molecule has 0 fully saturated rings. The molecule has 0 aliphatic carbocycles. The first-order valence-corrected chi connectivity index (χ1v) is 4.32. The third kappa shape index (κ3) is 5.58. The Balaban J connectivity index is 3.76. The average molecular weight is 229 g/mol. The standard InChI is InChI=1S/C8H14F3NO3/c1-5(7(14)15-2)3-12-4-6(13)8(9,10)11/h5-6,12-13H,3-4H2,1-2H3. The lowest BCUT2D eigenvalue weighted by atomic mass is 10.2. The third-order valence-electron chi connectivity index (χ3n) is 1.77. The van der Waals surface area contributed by atoms with Gasteiger partial charge in [0, 0.05) is 13.1 Å². The van der Waals surface area contributed by atoms with E-state index in [9.17, 15) is 18.0 Å². The zero-order valence-electron chi connectivity index (χ0n) is 8.47. The Bertz CT molecular complexity index is 208. The van der Waals surface area contributed by atoms with Crippen LogP contribution in [0.15, 0.2) is 0 Å². The summed E-state index contributed by atoms with van der Waals surface area (Å²) in [5.41, 5.74) is 0. The molecule has 0 aliphatic rings. The molecule has 0 aromatic carbocycles. The van der Waals surface area contributed by atoms with Gasteiger partial charge < -0.3 is 15.2 Å². The molecule has 90 valence electrons. The summed E-state index contributed by atoms with van der Waals surface area (Å²) in [6, 6.07) is 0. The van der Waals surface area contributed by atoms with Gasteiger partial charge in [-0.25, -0.2) is 0 Å². The smallest absolute Gasteiger partial charge is 0.415 e. The summed E-state index contributed by atoms with van der Waals surface area (Å²) in [5, 5.41) is 10.9. The minimum Gasteiger partial charge on any atom is -0.469 e. The van der Waals surface area contributed by atoms with E-state index in [-0.39, 0.29) is 6.54 Å². The molecule has 0 rings (SSSR count). The highest BCUT2D eigenvalue weighted by atomic mass is 19.4. The molecule has 15 heavy (non-hydrogen) atoms. The number of carbonyl (C=O) groups excluding carboxylic acids is 1. The van der Waals surface area contributed by atoms with E-state index < -0.39 is 30.7 Å². The second-order valence-corrected chi connectivity index (χ2v) is 3.14. The Hall–Kier alpha value is -0.820. The first kappa shape index (κ1) is 14.2. The van der Waals surface area contributed by atoms with Gasteiger partial charge in [-0.2, -0.15) is 13.2 Å². The monoisotopic (exact) mass is 229 g/mol. The summed E-state index contributed by atoms with van der Waals surface area (Å²) in [4.78, 5) is 10.8. The van der Waals surface area contributed by atoms with E-state index in [1.807, 2.05) is 0 Å². The molecule has 4 nitrogen and oxygen atoms in total. The minimum atomic E-state index is -4.64. The van der Waals surface area contributed by atoms with Crippen LogP contribution in [0.4, 0.5) is 13.2 Å². The van der Waals surface area contributed by atoms with Crippen molar-refractivity contribution in [1.29, 1.82) is 0 Å². The van der Waals surface area contributed by atoms with Crippen molar-refractivity contribution in [3.63, 3.8) is 0 Å². The fourth-order valence-electron chi connectivity index (χ4n) is 0.837. The molecule has 2 atom stereocenters. The van der Waals surface area contributed by atoms with Crippen molar-refractivity contribution >= 4 is 5.97 Å². The Kier molecular flexibility index (Phi) is 5.59. The van der Waals surface area contributed by atoms with E-state index in [1.165, 1.54) is 14.0 Å². The number of carbonyl (C=O) groups is 1. The van der Waals surface area contributed by atoms with Crippen LogP contribution in [0.3, 0.4) is 0 Å². The van der Waals surface area contributed by atoms with E-state index in [1.54, 1.807) is 0 Å². The summed E-state index contributed by atoms with van der Waals surface area (Å²) in [5.74, 6) is -1.06. The number of esters is 1. The van der Waals surface area contributed by atoms with Gasteiger partial charge in [0.25, 0.3) is 0 Å². The number of methoxy groups -OCH3 is 1. The highest BCUT2D eigenvalue weighted by Crippen LogP contribution is 2.19. The third-order valence-corrected chi connectivity index (χ3v) is 1.77. The number of aliphatic hydroxyl groups is 1. The lowest BCUT2D eigenvalue weighted by Crippen LogP contribution is -2.40. The molecule has 7 heteroatoms. The number of hydrogen-bond acceptors (Lipinski definition) is 4. The number of halogens is 3. The number of aliphatic hydroxyl groups excluding tert-OH is 1. The van der Waals surface area contributed by atoms with Crippen molar-refractivity contribution in [3.05, 3.63) is 0 Å². The van der Waals surface area contributed by atoms with Gasteiger partial charge in [0.1, 0.15) is 0 Å². The molecule has 0 saturated heterocycles. The average Bonchev–Trinajstić information content (AvgIpc) is 2.14. The van der Waals surface area contributed by atoms with Gasteiger partial charge >= 0.3 is 12.1 Å². The molecular weight excluding hydrogens is 215 g/mol. The van der Waals surface area contributed by atoms with E-state index in [2.05, 4.69) is 10.1 Å². The van der Waals surface area contributed by atoms with Crippen LogP contribution in [0.25, 0.3) is 0 Å². The Labute approximate surface area is 85.4 Å². The van der Waals surface area contributed by atoms with Gasteiger partial charge in [-0.05, 0) is 0 Å². The number of nitrogens with one attached hydrogen (secondary N) is 1. The minimum absolute atomic E-state index is 0.0276. The molecule has 0 radical (unpaired) electrons. The van der Waals surface area contributed by atoms with E-state index in [0.29, 0.717) is 0 Å². The molecule has 0 spiro atoms. The highest BCUT2D eigenvalue weighted by molar-refractivity contribution is 5.71. The normalized spacial score (nSPS) is 15.9. The van der Waals surface area contributed by atoms with E-state index in [0.717, 1.165) is 0 Å². The fourth-order valence-corrected chi connectivity index (χ4v) is 0.837. The predicted molar refractivity (Wildman–Crippen MR) is 46.1 cm³/mol. The molecular formula is C8H14F3NO3. The van der Waals surface area contributed by atoms with Crippen molar-refractivity contribution in [2.24, 2.45) is 5.92 Å². The van der Waals surface area contributed by atoms with Gasteiger partial charge in [-0.3, -0.25) is 4.79 Å². The number of rotatable bonds is 5. The zero-order chi connectivity index (χ0) is 12.1. The van der Waals surface area contributed by atoms with Crippen LogP contribution in [-0.4, -0.2) is 43.6 Å². The van der Waals surface area contributed by atoms with Gasteiger partial charge in [-0.15, -0.1) is 0 Å². The molecule has 0 aliphatic heterocycles. The Morgan fingerprint density at radius 3 is 2.40 bits per heavy atom. The maximum atomic E-state index is 11.8. The van der Waals surface area contributed by atoms with Gasteiger partial charge in [0.05, 0.1) is 13.0 Å². The van der Waals surface area contributed by atoms with Gasteiger partial charge in [-0.1, -0.05) is 6.92 Å². The molecule has 0 heterocycles. The summed E-state index contributed by atoms with van der Waals surface area (Å²) >= 11 is 0. The molecule has 2 N–H and O–H groups in total. The van der Waals surface area contributed by atoms with E-state index >= 15 is 0 Å². The lowest BCUT2D eigenvalue weighted by Gasteiger charge is -2.16. The largest absolute Gasteiger partial charge is 0.469 e. The Morgan fingerprint density at radius 2 is 2.00 bits per heavy atom. The molecule has 2 unspecified atom stereocenters. The molecule has 0 aromatic heterocycles. The van der Waals surface area contributed by atoms with Crippen LogP contribution in [0.5, 0.6) is 0 Å². The quantitative estimate of drug-likeness (QED) is 0.666. The van der Waals surface area contributed by atoms with Crippen LogP contribution >= 0.6 is 0 Å². The lowest BCUT2D eigenvalue weighted by molar-refractivity contribution is -0.201. The molecule has 0 amide bonds. The van der Waals surface area contributed by atoms with Crippen molar-refractivity contribution < 1.29 is 27.8 Å². The summed E-state index contributed by atoms with van der Waals surface area (Å²) in [6.07, 6.45) is -7.05. The highest BCUT2D eigenvalue weighted by Gasteiger charge is 2.37. The number of hydrogen-bond donors (Lipinski definition) is 2. The molecule has 0 saturated carbocycles. The van der Waals surface area contributed by atoms with Crippen LogP contribution in [0.1, 0.15) is 6.92 Å². The van der Waals surface area contributed by atoms with E-state index in [4.69, 9.17) is 5.11 Å². The molecule has 0 bridgehead atoms. The first-order chi connectivity index (χ1) is 6.79. The number of ether oxygens (including phenoxy) is 1. The summed E-state index contributed by atoms with van der Waals surface area (Å²) < 4.78 is 39.8. The maximum absolute atomic E-state index is 11.8. The van der Waals surface area contributed by atoms with Crippen LogP contribution in [0, 0.1) is 5.92 Å². The fraction of sp³-hybridized carbons (Fsp3) is 0.875. The second-order valence-electron chi connectivity index (χ2n) is 3.14. The second kappa shape index (κ2) is 5.92. The topological polar surface area (TPSA) is 58.6 Å².